The Kier molecular flexibility index (Phi) is 2.29. The standard InChI is InChI=1S/C18H25N/c1-12-3-4-16(13(2)5-12)17-7-14-6-15(8-17)10-18(19,9-14)11-17/h3-5,14-15H,6-11,19H2,1-2H3. The molecule has 1 aromatic rings. The molecular formula is C18H25N. The number of nitrogens with two attached hydrogens (primary N) is 1. The van der Waals surface area contributed by atoms with Crippen LogP contribution in [0.5, 0.6) is 0 Å². The molecule has 4 aliphatic rings. The van der Waals surface area contributed by atoms with Gasteiger partial charge in [-0.1, -0.05) is 23.8 Å². The van der Waals surface area contributed by atoms with Crippen LogP contribution in [0.3, 0.4) is 0 Å². The summed E-state index contributed by atoms with van der Waals surface area (Å²) in [6, 6.07) is 7.06. The molecule has 4 bridgehead atoms. The molecule has 4 aliphatic carbocycles. The van der Waals surface area contributed by atoms with Crippen molar-refractivity contribution >= 4 is 0 Å². The highest BCUT2D eigenvalue weighted by atomic mass is 14.8. The SMILES string of the molecule is Cc1ccc(C23CC4CC(CC(N)(C4)C2)C3)c(C)c1. The molecule has 0 saturated heterocycles. The number of rotatable bonds is 1. The lowest BCUT2D eigenvalue weighted by Gasteiger charge is -2.61. The van der Waals surface area contributed by atoms with Gasteiger partial charge in [0.2, 0.25) is 0 Å². The molecule has 0 amide bonds. The summed E-state index contributed by atoms with van der Waals surface area (Å²) in [5.74, 6) is 1.79. The molecule has 0 aliphatic heterocycles. The fraction of sp³-hybridized carbons (Fsp3) is 0.667. The Labute approximate surface area is 116 Å². The minimum absolute atomic E-state index is 0.154. The van der Waals surface area contributed by atoms with Gasteiger partial charge in [-0.3, -0.25) is 0 Å². The fourth-order valence-electron chi connectivity index (χ4n) is 6.06. The maximum Gasteiger partial charge on any atom is 0.0168 e. The average Bonchev–Trinajstić information content (AvgIpc) is 2.24. The van der Waals surface area contributed by atoms with Gasteiger partial charge in [0.05, 0.1) is 0 Å². The molecule has 1 heteroatoms. The molecule has 4 fully saturated rings. The molecule has 4 saturated carbocycles. The van der Waals surface area contributed by atoms with Crippen LogP contribution in [0.2, 0.25) is 0 Å². The van der Waals surface area contributed by atoms with Gasteiger partial charge < -0.3 is 5.73 Å². The first kappa shape index (κ1) is 12.0. The molecular weight excluding hydrogens is 230 g/mol. The zero-order valence-electron chi connectivity index (χ0n) is 12.2. The summed E-state index contributed by atoms with van der Waals surface area (Å²) in [7, 11) is 0. The van der Waals surface area contributed by atoms with E-state index in [-0.39, 0.29) is 5.54 Å². The zero-order valence-corrected chi connectivity index (χ0v) is 12.2. The Morgan fingerprint density at radius 1 is 1.05 bits per heavy atom. The van der Waals surface area contributed by atoms with Crippen molar-refractivity contribution < 1.29 is 0 Å². The van der Waals surface area contributed by atoms with Gasteiger partial charge in [-0.25, -0.2) is 0 Å². The summed E-state index contributed by atoms with van der Waals surface area (Å²) >= 11 is 0. The third-order valence-electron chi connectivity index (χ3n) is 6.06. The smallest absolute Gasteiger partial charge is 0.0168 e. The van der Waals surface area contributed by atoms with Gasteiger partial charge in [-0.15, -0.1) is 0 Å². The lowest BCUT2D eigenvalue weighted by molar-refractivity contribution is -0.0229. The number of aryl methyl sites for hydroxylation is 2. The highest BCUT2D eigenvalue weighted by Crippen LogP contribution is 2.61. The maximum atomic E-state index is 6.72. The third kappa shape index (κ3) is 1.71. The lowest BCUT2D eigenvalue weighted by atomic mass is 9.45. The van der Waals surface area contributed by atoms with E-state index in [1.165, 1.54) is 49.7 Å². The van der Waals surface area contributed by atoms with Crippen molar-refractivity contribution in [3.05, 3.63) is 34.9 Å². The second-order valence-electron chi connectivity index (χ2n) is 7.92. The van der Waals surface area contributed by atoms with E-state index in [1.54, 1.807) is 5.56 Å². The van der Waals surface area contributed by atoms with Crippen LogP contribution in [0.4, 0.5) is 0 Å². The van der Waals surface area contributed by atoms with Gasteiger partial charge in [-0.2, -0.15) is 0 Å². The Morgan fingerprint density at radius 2 is 1.74 bits per heavy atom. The van der Waals surface area contributed by atoms with Crippen LogP contribution in [0, 0.1) is 25.7 Å². The highest BCUT2D eigenvalue weighted by molar-refractivity contribution is 5.39. The lowest BCUT2D eigenvalue weighted by Crippen LogP contribution is -2.61. The van der Waals surface area contributed by atoms with Crippen LogP contribution < -0.4 is 5.73 Å². The largest absolute Gasteiger partial charge is 0.325 e. The number of hydrogen-bond donors (Lipinski definition) is 1. The normalized spacial score (nSPS) is 43.7. The fourth-order valence-corrected chi connectivity index (χ4v) is 6.06. The van der Waals surface area contributed by atoms with Crippen molar-refractivity contribution in [2.75, 3.05) is 0 Å². The van der Waals surface area contributed by atoms with E-state index in [4.69, 9.17) is 5.73 Å². The molecule has 0 radical (unpaired) electrons. The van der Waals surface area contributed by atoms with Crippen LogP contribution in [0.1, 0.15) is 55.2 Å². The van der Waals surface area contributed by atoms with Crippen LogP contribution in [0.25, 0.3) is 0 Å². The molecule has 19 heavy (non-hydrogen) atoms. The van der Waals surface area contributed by atoms with Crippen molar-refractivity contribution in [3.8, 4) is 0 Å². The predicted molar refractivity (Wildman–Crippen MR) is 79.2 cm³/mol. The summed E-state index contributed by atoms with van der Waals surface area (Å²) < 4.78 is 0. The average molecular weight is 255 g/mol. The van der Waals surface area contributed by atoms with Crippen LogP contribution in [-0.4, -0.2) is 5.54 Å². The molecule has 0 heterocycles. The molecule has 5 rings (SSSR count). The predicted octanol–water partition coefficient (Wildman–Crippen LogP) is 3.85. The molecule has 102 valence electrons. The summed E-state index contributed by atoms with van der Waals surface area (Å²) in [4.78, 5) is 0. The van der Waals surface area contributed by atoms with Gasteiger partial charge in [0.25, 0.3) is 0 Å². The second-order valence-corrected chi connectivity index (χ2v) is 7.92. The number of benzene rings is 1. The topological polar surface area (TPSA) is 26.0 Å². The van der Waals surface area contributed by atoms with Crippen LogP contribution in [0.15, 0.2) is 18.2 Å². The summed E-state index contributed by atoms with van der Waals surface area (Å²) in [6.07, 6.45) is 8.05. The number of hydrogen-bond acceptors (Lipinski definition) is 1. The molecule has 2 N–H and O–H groups in total. The molecule has 0 aromatic heterocycles. The second kappa shape index (κ2) is 3.63. The summed E-state index contributed by atoms with van der Waals surface area (Å²) in [5.41, 5.74) is 11.8. The van der Waals surface area contributed by atoms with Crippen molar-refractivity contribution in [2.45, 2.75) is 63.3 Å². The van der Waals surface area contributed by atoms with E-state index in [0.717, 1.165) is 11.8 Å². The highest BCUT2D eigenvalue weighted by Gasteiger charge is 2.56. The Hall–Kier alpha value is -0.820. The van der Waals surface area contributed by atoms with E-state index in [2.05, 4.69) is 32.0 Å². The van der Waals surface area contributed by atoms with E-state index in [0.29, 0.717) is 5.41 Å². The van der Waals surface area contributed by atoms with E-state index in [1.807, 2.05) is 0 Å². The molecule has 1 aromatic carbocycles. The Morgan fingerprint density at radius 3 is 2.32 bits per heavy atom. The van der Waals surface area contributed by atoms with Crippen molar-refractivity contribution in [1.29, 1.82) is 0 Å². The van der Waals surface area contributed by atoms with Crippen LogP contribution in [-0.2, 0) is 5.41 Å². The zero-order chi connectivity index (χ0) is 13.3. The van der Waals surface area contributed by atoms with Crippen molar-refractivity contribution in [3.63, 3.8) is 0 Å². The van der Waals surface area contributed by atoms with Gasteiger partial charge in [0.15, 0.2) is 0 Å². The molecule has 1 nitrogen and oxygen atoms in total. The van der Waals surface area contributed by atoms with Crippen molar-refractivity contribution in [1.82, 2.24) is 0 Å². The quantitative estimate of drug-likeness (QED) is 0.810. The molecule has 0 spiro atoms. The van der Waals surface area contributed by atoms with Gasteiger partial charge in [-0.05, 0) is 80.8 Å². The maximum absolute atomic E-state index is 6.72. The first-order chi connectivity index (χ1) is 8.98. The first-order valence-electron chi connectivity index (χ1n) is 7.85. The molecule has 2 atom stereocenters. The summed E-state index contributed by atoms with van der Waals surface area (Å²) in [6.45, 7) is 4.49. The molecule has 2 unspecified atom stereocenters. The first-order valence-corrected chi connectivity index (χ1v) is 7.85. The monoisotopic (exact) mass is 255 g/mol. The van der Waals surface area contributed by atoms with E-state index in [9.17, 15) is 0 Å². The third-order valence-corrected chi connectivity index (χ3v) is 6.06. The summed E-state index contributed by atoms with van der Waals surface area (Å²) in [5, 5.41) is 0. The Balaban J connectivity index is 1.81. The van der Waals surface area contributed by atoms with Crippen molar-refractivity contribution in [2.24, 2.45) is 17.6 Å². The Bertz CT molecular complexity index is 516. The van der Waals surface area contributed by atoms with Crippen LogP contribution >= 0.6 is 0 Å². The van der Waals surface area contributed by atoms with Gasteiger partial charge in [0, 0.05) is 5.54 Å². The van der Waals surface area contributed by atoms with Gasteiger partial charge in [0.1, 0.15) is 0 Å². The van der Waals surface area contributed by atoms with E-state index >= 15 is 0 Å². The van der Waals surface area contributed by atoms with E-state index < -0.39 is 0 Å². The minimum Gasteiger partial charge on any atom is -0.325 e. The minimum atomic E-state index is 0.154. The van der Waals surface area contributed by atoms with Gasteiger partial charge >= 0.3 is 0 Å².